The minimum Gasteiger partial charge on any atom is -0.395 e. The molecule has 2 unspecified atom stereocenters. The Bertz CT molecular complexity index is 536. The third-order valence-corrected chi connectivity index (χ3v) is 6.75. The summed E-state index contributed by atoms with van der Waals surface area (Å²) in [5, 5.41) is 9.39. The summed E-state index contributed by atoms with van der Waals surface area (Å²) in [6, 6.07) is 1.45. The molecule has 102 valence electrons. The maximum atomic E-state index is 12.6. The Balaban J connectivity index is 2.40. The molecular formula is C12H19NO3S2. The molecule has 0 aromatic carbocycles. The summed E-state index contributed by atoms with van der Waals surface area (Å²) in [7, 11) is -3.46. The Hall–Kier alpha value is -0.430. The van der Waals surface area contributed by atoms with Gasteiger partial charge in [-0.25, -0.2) is 8.42 Å². The number of hydrogen-bond donors (Lipinski definition) is 1. The maximum absolute atomic E-state index is 12.6. The van der Waals surface area contributed by atoms with E-state index < -0.39 is 10.0 Å². The molecule has 1 saturated heterocycles. The molecule has 1 aromatic heterocycles. The second-order valence-electron chi connectivity index (χ2n) is 4.91. The van der Waals surface area contributed by atoms with Crippen molar-refractivity contribution in [2.75, 3.05) is 13.2 Å². The molecule has 0 amide bonds. The SMILES string of the molecule is Cc1cc(S(=O)(=O)N2CCC(C)C2CO)c(C)s1. The van der Waals surface area contributed by atoms with Gasteiger partial charge in [0.05, 0.1) is 17.5 Å². The maximum Gasteiger partial charge on any atom is 0.244 e. The molecular weight excluding hydrogens is 270 g/mol. The highest BCUT2D eigenvalue weighted by Gasteiger charge is 2.40. The molecule has 0 saturated carbocycles. The van der Waals surface area contributed by atoms with E-state index in [0.717, 1.165) is 16.2 Å². The number of sulfonamides is 1. The van der Waals surface area contributed by atoms with Crippen molar-refractivity contribution in [1.29, 1.82) is 0 Å². The van der Waals surface area contributed by atoms with Crippen LogP contribution in [-0.4, -0.2) is 37.0 Å². The van der Waals surface area contributed by atoms with Gasteiger partial charge in [0.2, 0.25) is 10.0 Å². The van der Waals surface area contributed by atoms with Gasteiger partial charge in [-0.3, -0.25) is 0 Å². The van der Waals surface area contributed by atoms with E-state index in [0.29, 0.717) is 11.4 Å². The number of nitrogens with zero attached hydrogens (tertiary/aromatic N) is 1. The van der Waals surface area contributed by atoms with Crippen molar-refractivity contribution in [1.82, 2.24) is 4.31 Å². The van der Waals surface area contributed by atoms with Crippen molar-refractivity contribution in [3.05, 3.63) is 15.8 Å². The van der Waals surface area contributed by atoms with Gasteiger partial charge in [-0.05, 0) is 32.3 Å². The van der Waals surface area contributed by atoms with Crippen LogP contribution in [0.5, 0.6) is 0 Å². The molecule has 1 aromatic rings. The van der Waals surface area contributed by atoms with Crippen LogP contribution in [0.2, 0.25) is 0 Å². The predicted octanol–water partition coefficient (Wildman–Crippen LogP) is 1.76. The lowest BCUT2D eigenvalue weighted by atomic mass is 10.0. The van der Waals surface area contributed by atoms with E-state index in [2.05, 4.69) is 0 Å². The summed E-state index contributed by atoms with van der Waals surface area (Å²) in [5.74, 6) is 0.213. The van der Waals surface area contributed by atoms with Crippen LogP contribution >= 0.6 is 11.3 Å². The predicted molar refractivity (Wildman–Crippen MR) is 72.3 cm³/mol. The normalized spacial score (nSPS) is 25.8. The van der Waals surface area contributed by atoms with Crippen molar-refractivity contribution in [2.24, 2.45) is 5.92 Å². The van der Waals surface area contributed by atoms with Crippen molar-refractivity contribution in [3.8, 4) is 0 Å². The van der Waals surface area contributed by atoms with Crippen LogP contribution in [0, 0.1) is 19.8 Å². The molecule has 0 radical (unpaired) electrons. The first kappa shape index (κ1) is 14.0. The Morgan fingerprint density at radius 3 is 2.67 bits per heavy atom. The molecule has 2 atom stereocenters. The standard InChI is InChI=1S/C12H19NO3S2/c1-8-4-5-13(11(8)7-14)18(15,16)12-6-9(2)17-10(12)3/h6,8,11,14H,4-5,7H2,1-3H3. The highest BCUT2D eigenvalue weighted by atomic mass is 32.2. The van der Waals surface area contributed by atoms with Crippen molar-refractivity contribution in [3.63, 3.8) is 0 Å². The summed E-state index contributed by atoms with van der Waals surface area (Å²) in [6.07, 6.45) is 0.812. The van der Waals surface area contributed by atoms with E-state index in [1.54, 1.807) is 6.07 Å². The van der Waals surface area contributed by atoms with Gasteiger partial charge < -0.3 is 5.11 Å². The van der Waals surface area contributed by atoms with Crippen LogP contribution in [0.1, 0.15) is 23.1 Å². The minimum absolute atomic E-state index is 0.109. The fraction of sp³-hybridized carbons (Fsp3) is 0.667. The highest BCUT2D eigenvalue weighted by molar-refractivity contribution is 7.89. The molecule has 0 bridgehead atoms. The lowest BCUT2D eigenvalue weighted by molar-refractivity contribution is 0.191. The molecule has 18 heavy (non-hydrogen) atoms. The zero-order valence-corrected chi connectivity index (χ0v) is 12.5. The smallest absolute Gasteiger partial charge is 0.244 e. The minimum atomic E-state index is -3.46. The van der Waals surface area contributed by atoms with E-state index in [1.165, 1.54) is 15.6 Å². The Labute approximate surface area is 112 Å². The largest absolute Gasteiger partial charge is 0.395 e. The molecule has 0 spiro atoms. The fourth-order valence-electron chi connectivity index (χ4n) is 2.53. The number of rotatable bonds is 3. The second kappa shape index (κ2) is 4.92. The first-order chi connectivity index (χ1) is 8.37. The van der Waals surface area contributed by atoms with Crippen LogP contribution in [0.4, 0.5) is 0 Å². The molecule has 1 fully saturated rings. The van der Waals surface area contributed by atoms with E-state index in [1.807, 2.05) is 20.8 Å². The van der Waals surface area contributed by atoms with Crippen LogP contribution in [0.3, 0.4) is 0 Å². The number of aliphatic hydroxyl groups is 1. The molecule has 1 aliphatic heterocycles. The molecule has 2 rings (SSSR count). The zero-order valence-electron chi connectivity index (χ0n) is 10.9. The first-order valence-corrected chi connectivity index (χ1v) is 8.33. The van der Waals surface area contributed by atoms with E-state index >= 15 is 0 Å². The molecule has 1 N–H and O–H groups in total. The van der Waals surface area contributed by atoms with Gasteiger partial charge >= 0.3 is 0 Å². The summed E-state index contributed by atoms with van der Waals surface area (Å²) in [5.41, 5.74) is 0. The molecule has 2 heterocycles. The average Bonchev–Trinajstić information content (AvgIpc) is 2.82. The van der Waals surface area contributed by atoms with E-state index in [9.17, 15) is 13.5 Å². The van der Waals surface area contributed by atoms with Gasteiger partial charge in [-0.1, -0.05) is 6.92 Å². The van der Waals surface area contributed by atoms with Crippen LogP contribution < -0.4 is 0 Å². The van der Waals surface area contributed by atoms with Crippen molar-refractivity contribution in [2.45, 2.75) is 38.1 Å². The van der Waals surface area contributed by atoms with Gasteiger partial charge in [0.1, 0.15) is 0 Å². The summed E-state index contributed by atoms with van der Waals surface area (Å²) >= 11 is 1.50. The molecule has 6 heteroatoms. The Morgan fingerprint density at radius 1 is 1.50 bits per heavy atom. The van der Waals surface area contributed by atoms with Gasteiger partial charge in [-0.2, -0.15) is 4.31 Å². The quantitative estimate of drug-likeness (QED) is 0.922. The van der Waals surface area contributed by atoms with E-state index in [-0.39, 0.29) is 18.6 Å². The van der Waals surface area contributed by atoms with Crippen molar-refractivity contribution < 1.29 is 13.5 Å². The number of aliphatic hydroxyl groups excluding tert-OH is 1. The Morgan fingerprint density at radius 2 is 2.17 bits per heavy atom. The monoisotopic (exact) mass is 289 g/mol. The van der Waals surface area contributed by atoms with Crippen LogP contribution in [-0.2, 0) is 10.0 Å². The summed E-state index contributed by atoms with van der Waals surface area (Å²) in [4.78, 5) is 2.22. The number of hydrogen-bond acceptors (Lipinski definition) is 4. The van der Waals surface area contributed by atoms with Crippen LogP contribution in [0.15, 0.2) is 11.0 Å². The number of thiophene rings is 1. The third-order valence-electron chi connectivity index (χ3n) is 3.60. The van der Waals surface area contributed by atoms with Crippen molar-refractivity contribution >= 4 is 21.4 Å². The first-order valence-electron chi connectivity index (χ1n) is 6.07. The Kier molecular flexibility index (Phi) is 3.82. The van der Waals surface area contributed by atoms with Gasteiger partial charge in [0, 0.05) is 16.3 Å². The molecule has 1 aliphatic rings. The zero-order chi connectivity index (χ0) is 13.5. The lowest BCUT2D eigenvalue weighted by Gasteiger charge is -2.24. The lowest BCUT2D eigenvalue weighted by Crippen LogP contribution is -2.39. The van der Waals surface area contributed by atoms with Gasteiger partial charge in [0.25, 0.3) is 0 Å². The summed E-state index contributed by atoms with van der Waals surface area (Å²) in [6.45, 7) is 6.12. The fourth-order valence-corrected chi connectivity index (χ4v) is 5.79. The van der Waals surface area contributed by atoms with Gasteiger partial charge in [-0.15, -0.1) is 11.3 Å². The van der Waals surface area contributed by atoms with Crippen LogP contribution in [0.25, 0.3) is 0 Å². The molecule has 0 aliphatic carbocycles. The van der Waals surface area contributed by atoms with Gasteiger partial charge in [0.15, 0.2) is 0 Å². The topological polar surface area (TPSA) is 57.6 Å². The average molecular weight is 289 g/mol. The molecule has 4 nitrogen and oxygen atoms in total. The van der Waals surface area contributed by atoms with E-state index in [4.69, 9.17) is 0 Å². The number of aryl methyl sites for hydroxylation is 2. The highest BCUT2D eigenvalue weighted by Crippen LogP contribution is 2.33. The third kappa shape index (κ3) is 2.22. The summed E-state index contributed by atoms with van der Waals surface area (Å²) < 4.78 is 26.7. The second-order valence-corrected chi connectivity index (χ2v) is 8.23.